The molecule has 0 saturated heterocycles. The average Bonchev–Trinajstić information content (AvgIpc) is 2.46. The van der Waals surface area contributed by atoms with Gasteiger partial charge in [-0.2, -0.15) is 0 Å². The van der Waals surface area contributed by atoms with E-state index >= 15 is 0 Å². The van der Waals surface area contributed by atoms with Crippen LogP contribution in [-0.4, -0.2) is 11.0 Å². The largest absolute Gasteiger partial charge is 0.508 e. The van der Waals surface area contributed by atoms with Crippen molar-refractivity contribution in [3.63, 3.8) is 0 Å². The molecule has 1 heterocycles. The van der Waals surface area contributed by atoms with Crippen molar-refractivity contribution in [2.24, 2.45) is 10.7 Å². The van der Waals surface area contributed by atoms with Gasteiger partial charge in [-0.05, 0) is 36.4 Å². The summed E-state index contributed by atoms with van der Waals surface area (Å²) in [5.74, 6) is -1.16. The molecule has 1 aromatic heterocycles. The highest BCUT2D eigenvalue weighted by atomic mass is 19.1. The van der Waals surface area contributed by atoms with Crippen LogP contribution in [0.5, 0.6) is 5.75 Å². The van der Waals surface area contributed by atoms with Crippen LogP contribution in [0.4, 0.5) is 10.1 Å². The van der Waals surface area contributed by atoms with Gasteiger partial charge < -0.3 is 15.3 Å². The SMILES string of the molecule is NC(=O)c1cc2ccc(O)cc2oc1=Nc1cccc(F)c1. The number of hydrogen-bond acceptors (Lipinski definition) is 4. The molecule has 3 aromatic rings. The number of aromatic hydroxyl groups is 1. The van der Waals surface area contributed by atoms with Crippen LogP contribution in [0.3, 0.4) is 0 Å². The number of carbonyl (C=O) groups excluding carboxylic acids is 1. The third-order valence-electron chi connectivity index (χ3n) is 3.04. The molecule has 5 nitrogen and oxygen atoms in total. The number of carbonyl (C=O) groups is 1. The molecular weight excluding hydrogens is 287 g/mol. The first-order valence-electron chi connectivity index (χ1n) is 6.40. The normalized spacial score (nSPS) is 11.8. The van der Waals surface area contributed by atoms with Crippen molar-refractivity contribution >= 4 is 22.6 Å². The van der Waals surface area contributed by atoms with E-state index in [-0.39, 0.29) is 22.6 Å². The molecule has 0 spiro atoms. The van der Waals surface area contributed by atoms with Gasteiger partial charge in [-0.15, -0.1) is 0 Å². The Kier molecular flexibility index (Phi) is 3.34. The number of hydrogen-bond donors (Lipinski definition) is 2. The molecular formula is C16H11FN2O3. The Labute approximate surface area is 124 Å². The molecule has 0 aliphatic carbocycles. The smallest absolute Gasteiger partial charge is 0.254 e. The number of phenolic OH excluding ortho intramolecular Hbond substituents is 1. The minimum absolute atomic E-state index is 0.0137. The van der Waals surface area contributed by atoms with Crippen molar-refractivity contribution in [1.29, 1.82) is 0 Å². The minimum atomic E-state index is -0.714. The summed E-state index contributed by atoms with van der Waals surface area (Å²) in [7, 11) is 0. The molecule has 0 aliphatic heterocycles. The van der Waals surface area contributed by atoms with Gasteiger partial charge in [0.05, 0.1) is 5.69 Å². The zero-order valence-electron chi connectivity index (χ0n) is 11.3. The fraction of sp³-hybridized carbons (Fsp3) is 0. The van der Waals surface area contributed by atoms with E-state index in [2.05, 4.69) is 4.99 Å². The van der Waals surface area contributed by atoms with Crippen molar-refractivity contribution in [2.75, 3.05) is 0 Å². The van der Waals surface area contributed by atoms with Gasteiger partial charge in [0, 0.05) is 11.5 Å². The average molecular weight is 298 g/mol. The third kappa shape index (κ3) is 2.67. The van der Waals surface area contributed by atoms with Crippen molar-refractivity contribution in [1.82, 2.24) is 0 Å². The molecule has 2 aromatic carbocycles. The predicted molar refractivity (Wildman–Crippen MR) is 78.0 cm³/mol. The van der Waals surface area contributed by atoms with Crippen LogP contribution < -0.4 is 11.3 Å². The van der Waals surface area contributed by atoms with Crippen molar-refractivity contribution < 1.29 is 18.7 Å². The Morgan fingerprint density at radius 2 is 2.00 bits per heavy atom. The summed E-state index contributed by atoms with van der Waals surface area (Å²) in [6.07, 6.45) is 0. The van der Waals surface area contributed by atoms with Gasteiger partial charge in [0.1, 0.15) is 22.7 Å². The van der Waals surface area contributed by atoms with Gasteiger partial charge in [0.25, 0.3) is 5.91 Å². The fourth-order valence-electron chi connectivity index (χ4n) is 2.03. The molecule has 0 fully saturated rings. The van der Waals surface area contributed by atoms with Gasteiger partial charge in [-0.1, -0.05) is 6.07 Å². The molecule has 3 N–H and O–H groups in total. The molecule has 0 atom stereocenters. The van der Waals surface area contributed by atoms with Crippen molar-refractivity contribution in [3.05, 3.63) is 65.5 Å². The van der Waals surface area contributed by atoms with E-state index in [0.717, 1.165) is 0 Å². The Morgan fingerprint density at radius 1 is 1.18 bits per heavy atom. The molecule has 6 heteroatoms. The van der Waals surface area contributed by atoms with Gasteiger partial charge in [0.2, 0.25) is 5.55 Å². The number of nitrogens with zero attached hydrogens (tertiary/aromatic N) is 1. The second-order valence-corrected chi connectivity index (χ2v) is 4.64. The summed E-state index contributed by atoms with van der Waals surface area (Å²) in [4.78, 5) is 15.7. The van der Waals surface area contributed by atoms with Crippen LogP contribution in [-0.2, 0) is 0 Å². The highest BCUT2D eigenvalue weighted by molar-refractivity contribution is 5.95. The quantitative estimate of drug-likeness (QED) is 0.762. The lowest BCUT2D eigenvalue weighted by molar-refractivity contribution is 0.0996. The van der Waals surface area contributed by atoms with E-state index in [9.17, 15) is 14.3 Å². The highest BCUT2D eigenvalue weighted by Gasteiger charge is 2.10. The van der Waals surface area contributed by atoms with Crippen LogP contribution in [0.25, 0.3) is 11.0 Å². The first-order chi connectivity index (χ1) is 10.5. The number of fused-ring (bicyclic) bond motifs is 1. The monoisotopic (exact) mass is 298 g/mol. The molecule has 0 unspecified atom stereocenters. The van der Waals surface area contributed by atoms with Gasteiger partial charge in [-0.25, -0.2) is 9.38 Å². The summed E-state index contributed by atoms with van der Waals surface area (Å²) < 4.78 is 18.7. The Balaban J connectivity index is 2.30. The topological polar surface area (TPSA) is 88.8 Å². The minimum Gasteiger partial charge on any atom is -0.508 e. The van der Waals surface area contributed by atoms with Crippen LogP contribution in [0, 0.1) is 5.82 Å². The molecule has 0 radical (unpaired) electrons. The van der Waals surface area contributed by atoms with Crippen LogP contribution >= 0.6 is 0 Å². The molecule has 0 aliphatic rings. The third-order valence-corrected chi connectivity index (χ3v) is 3.04. The zero-order valence-corrected chi connectivity index (χ0v) is 11.3. The second kappa shape index (κ2) is 5.33. The number of primary amides is 1. The van der Waals surface area contributed by atoms with E-state index in [1.165, 1.54) is 36.4 Å². The molecule has 0 saturated carbocycles. The first-order valence-corrected chi connectivity index (χ1v) is 6.40. The van der Waals surface area contributed by atoms with Crippen LogP contribution in [0.1, 0.15) is 10.4 Å². The lowest BCUT2D eigenvalue weighted by Gasteiger charge is -2.02. The molecule has 3 rings (SSSR count). The van der Waals surface area contributed by atoms with Crippen molar-refractivity contribution in [2.45, 2.75) is 0 Å². The second-order valence-electron chi connectivity index (χ2n) is 4.64. The zero-order chi connectivity index (χ0) is 15.7. The van der Waals surface area contributed by atoms with Crippen LogP contribution in [0.15, 0.2) is 57.9 Å². The molecule has 1 amide bonds. The molecule has 110 valence electrons. The standard InChI is InChI=1S/C16H11FN2O3/c17-10-2-1-3-11(7-10)19-16-13(15(18)21)6-9-4-5-12(20)8-14(9)22-16/h1-8,20H,(H2,18,21). The summed E-state index contributed by atoms with van der Waals surface area (Å²) >= 11 is 0. The number of rotatable bonds is 2. The van der Waals surface area contributed by atoms with E-state index in [1.54, 1.807) is 12.1 Å². The van der Waals surface area contributed by atoms with E-state index in [1.807, 2.05) is 0 Å². The maximum Gasteiger partial charge on any atom is 0.254 e. The molecule has 22 heavy (non-hydrogen) atoms. The number of phenols is 1. The number of benzene rings is 2. The molecule has 0 bridgehead atoms. The highest BCUT2D eigenvalue weighted by Crippen LogP contribution is 2.20. The maximum absolute atomic E-state index is 13.2. The van der Waals surface area contributed by atoms with Gasteiger partial charge in [0.15, 0.2) is 0 Å². The van der Waals surface area contributed by atoms with Crippen molar-refractivity contribution in [3.8, 4) is 5.75 Å². The number of amides is 1. The summed E-state index contributed by atoms with van der Waals surface area (Å²) in [5, 5.41) is 10.1. The van der Waals surface area contributed by atoms with Crippen LogP contribution in [0.2, 0.25) is 0 Å². The lowest BCUT2D eigenvalue weighted by atomic mass is 10.1. The Bertz CT molecular complexity index is 948. The number of halogens is 1. The summed E-state index contributed by atoms with van der Waals surface area (Å²) in [6.45, 7) is 0. The Morgan fingerprint density at radius 3 is 2.73 bits per heavy atom. The Hall–Kier alpha value is -3.15. The van der Waals surface area contributed by atoms with E-state index in [0.29, 0.717) is 11.0 Å². The lowest BCUT2D eigenvalue weighted by Crippen LogP contribution is -2.21. The first kappa shape index (κ1) is 13.8. The van der Waals surface area contributed by atoms with E-state index in [4.69, 9.17) is 10.2 Å². The predicted octanol–water partition coefficient (Wildman–Crippen LogP) is 2.61. The summed E-state index contributed by atoms with van der Waals surface area (Å²) in [5.41, 5.74) is 5.98. The number of nitrogens with two attached hydrogens (primary N) is 1. The van der Waals surface area contributed by atoms with E-state index < -0.39 is 11.7 Å². The van der Waals surface area contributed by atoms with Gasteiger partial charge >= 0.3 is 0 Å². The summed E-state index contributed by atoms with van der Waals surface area (Å²) in [6, 6.07) is 11.5. The maximum atomic E-state index is 13.2. The van der Waals surface area contributed by atoms with Gasteiger partial charge in [-0.3, -0.25) is 4.79 Å². The fourth-order valence-corrected chi connectivity index (χ4v) is 2.03.